The maximum Gasteiger partial charge on any atom is 0.303 e. The summed E-state index contributed by atoms with van der Waals surface area (Å²) < 4.78 is 11.1. The Kier molecular flexibility index (Phi) is 9.34. The Balaban J connectivity index is 2.51. The number of nitrogens with one attached hydrogen (secondary N) is 1. The van der Waals surface area contributed by atoms with E-state index >= 15 is 0 Å². The van der Waals surface area contributed by atoms with Gasteiger partial charge in [-0.3, -0.25) is 9.59 Å². The molecule has 1 amide bonds. The Hall–Kier alpha value is -2.24. The number of amides is 1. The van der Waals surface area contributed by atoms with Crippen LogP contribution in [0.4, 0.5) is 0 Å². The highest BCUT2D eigenvalue weighted by Crippen LogP contribution is 2.28. The quantitative estimate of drug-likeness (QED) is 0.572. The van der Waals surface area contributed by atoms with Gasteiger partial charge in [0, 0.05) is 13.0 Å². The summed E-state index contributed by atoms with van der Waals surface area (Å²) >= 11 is 0. The summed E-state index contributed by atoms with van der Waals surface area (Å²) in [6.07, 6.45) is 4.32. The molecule has 0 heterocycles. The Labute approximate surface area is 143 Å². The Bertz CT molecular complexity index is 530. The summed E-state index contributed by atoms with van der Waals surface area (Å²) in [7, 11) is 1.59. The number of hydrogen-bond donors (Lipinski definition) is 2. The van der Waals surface area contributed by atoms with Crippen molar-refractivity contribution in [1.29, 1.82) is 0 Å². The van der Waals surface area contributed by atoms with Crippen LogP contribution in [-0.4, -0.2) is 30.7 Å². The van der Waals surface area contributed by atoms with Gasteiger partial charge in [-0.05, 0) is 24.1 Å². The fourth-order valence-electron chi connectivity index (χ4n) is 2.16. The number of hydrogen-bond acceptors (Lipinski definition) is 4. The number of aliphatic carboxylic acids is 1. The maximum atomic E-state index is 11.6. The van der Waals surface area contributed by atoms with E-state index in [2.05, 4.69) is 12.2 Å². The minimum atomic E-state index is -0.978. The van der Waals surface area contributed by atoms with Gasteiger partial charge in [0.05, 0.1) is 20.1 Å². The van der Waals surface area contributed by atoms with Crippen LogP contribution in [0, 0.1) is 0 Å². The smallest absolute Gasteiger partial charge is 0.303 e. The van der Waals surface area contributed by atoms with E-state index in [1.807, 2.05) is 12.1 Å². The van der Waals surface area contributed by atoms with Crippen molar-refractivity contribution in [2.75, 3.05) is 13.7 Å². The average molecular weight is 337 g/mol. The van der Waals surface area contributed by atoms with E-state index in [9.17, 15) is 9.59 Å². The van der Waals surface area contributed by atoms with Crippen LogP contribution in [-0.2, 0) is 16.1 Å². The molecule has 0 bridgehead atoms. The first kappa shape index (κ1) is 19.8. The minimum Gasteiger partial charge on any atom is -0.493 e. The van der Waals surface area contributed by atoms with Crippen molar-refractivity contribution in [3.8, 4) is 11.5 Å². The van der Waals surface area contributed by atoms with Crippen molar-refractivity contribution in [2.24, 2.45) is 0 Å². The van der Waals surface area contributed by atoms with E-state index in [4.69, 9.17) is 14.6 Å². The van der Waals surface area contributed by atoms with Crippen LogP contribution >= 0.6 is 0 Å². The summed E-state index contributed by atoms with van der Waals surface area (Å²) in [5.74, 6) is 0.0568. The zero-order chi connectivity index (χ0) is 17.8. The number of rotatable bonds is 12. The molecule has 134 valence electrons. The molecule has 0 aliphatic rings. The van der Waals surface area contributed by atoms with Gasteiger partial charge in [0.15, 0.2) is 11.5 Å². The molecule has 0 radical (unpaired) electrons. The van der Waals surface area contributed by atoms with Crippen molar-refractivity contribution in [2.45, 2.75) is 52.0 Å². The zero-order valence-electron chi connectivity index (χ0n) is 14.5. The Morgan fingerprint density at radius 2 is 1.92 bits per heavy atom. The lowest BCUT2D eigenvalue weighted by molar-refractivity contribution is -0.138. The third kappa shape index (κ3) is 7.85. The molecule has 24 heavy (non-hydrogen) atoms. The van der Waals surface area contributed by atoms with Crippen molar-refractivity contribution < 1.29 is 24.2 Å². The van der Waals surface area contributed by atoms with Crippen molar-refractivity contribution in [1.82, 2.24) is 5.32 Å². The van der Waals surface area contributed by atoms with Crippen LogP contribution in [0.2, 0.25) is 0 Å². The van der Waals surface area contributed by atoms with Crippen LogP contribution in [0.5, 0.6) is 11.5 Å². The van der Waals surface area contributed by atoms with Gasteiger partial charge in [0.25, 0.3) is 0 Å². The lowest BCUT2D eigenvalue weighted by Gasteiger charge is -2.13. The van der Waals surface area contributed by atoms with E-state index in [0.29, 0.717) is 24.7 Å². The predicted octanol–water partition coefficient (Wildman–Crippen LogP) is 3.14. The molecule has 2 N–H and O–H groups in total. The largest absolute Gasteiger partial charge is 0.493 e. The van der Waals surface area contributed by atoms with Crippen molar-refractivity contribution in [3.05, 3.63) is 23.8 Å². The van der Waals surface area contributed by atoms with Gasteiger partial charge in [0.1, 0.15) is 0 Å². The van der Waals surface area contributed by atoms with Gasteiger partial charge in [-0.15, -0.1) is 0 Å². The lowest BCUT2D eigenvalue weighted by Crippen LogP contribution is -2.23. The van der Waals surface area contributed by atoms with Crippen molar-refractivity contribution in [3.63, 3.8) is 0 Å². The van der Waals surface area contributed by atoms with Gasteiger partial charge in [-0.2, -0.15) is 0 Å². The average Bonchev–Trinajstić information content (AvgIpc) is 2.58. The first-order valence-corrected chi connectivity index (χ1v) is 8.35. The molecule has 6 heteroatoms. The Morgan fingerprint density at radius 3 is 2.58 bits per heavy atom. The first-order chi connectivity index (χ1) is 11.6. The van der Waals surface area contributed by atoms with Crippen LogP contribution in [0.25, 0.3) is 0 Å². The van der Waals surface area contributed by atoms with Crippen LogP contribution in [0.3, 0.4) is 0 Å². The van der Waals surface area contributed by atoms with E-state index in [1.54, 1.807) is 13.2 Å². The highest BCUT2D eigenvalue weighted by Gasteiger charge is 2.08. The molecule has 0 fully saturated rings. The fourth-order valence-corrected chi connectivity index (χ4v) is 2.16. The number of carbonyl (C=O) groups is 2. The number of carbonyl (C=O) groups excluding carboxylic acids is 1. The number of ether oxygens (including phenoxy) is 2. The molecule has 1 aromatic carbocycles. The third-order valence-corrected chi connectivity index (χ3v) is 3.54. The predicted molar refractivity (Wildman–Crippen MR) is 91.3 cm³/mol. The number of carboxylic acid groups (broad SMARTS) is 1. The molecule has 0 saturated heterocycles. The van der Waals surface area contributed by atoms with E-state index < -0.39 is 5.97 Å². The zero-order valence-corrected chi connectivity index (χ0v) is 14.5. The van der Waals surface area contributed by atoms with Crippen LogP contribution < -0.4 is 14.8 Å². The van der Waals surface area contributed by atoms with Gasteiger partial charge in [-0.1, -0.05) is 32.3 Å². The lowest BCUT2D eigenvalue weighted by atomic mass is 10.2. The van der Waals surface area contributed by atoms with E-state index in [1.165, 1.54) is 12.8 Å². The molecular weight excluding hydrogens is 310 g/mol. The standard InChI is InChI=1S/C18H27NO5/c1-3-4-5-6-11-24-16-12-14(7-8-15(16)23-2)13-19-17(20)9-10-18(21)22/h7-8,12H,3-6,9-11,13H2,1-2H3,(H,19,20)(H,21,22). The molecule has 1 aromatic rings. The molecule has 0 aromatic heterocycles. The number of benzene rings is 1. The van der Waals surface area contributed by atoms with Crippen molar-refractivity contribution >= 4 is 11.9 Å². The summed E-state index contributed by atoms with van der Waals surface area (Å²) in [6.45, 7) is 3.12. The van der Waals surface area contributed by atoms with Gasteiger partial charge < -0.3 is 19.9 Å². The van der Waals surface area contributed by atoms with Crippen LogP contribution in [0.1, 0.15) is 51.0 Å². The summed E-state index contributed by atoms with van der Waals surface area (Å²) in [5, 5.41) is 11.3. The highest BCUT2D eigenvalue weighted by atomic mass is 16.5. The van der Waals surface area contributed by atoms with Gasteiger partial charge in [0.2, 0.25) is 5.91 Å². The topological polar surface area (TPSA) is 84.9 Å². The molecule has 0 aliphatic heterocycles. The molecule has 0 unspecified atom stereocenters. The molecule has 0 aliphatic carbocycles. The summed E-state index contributed by atoms with van der Waals surface area (Å²) in [6, 6.07) is 5.50. The number of methoxy groups -OCH3 is 1. The normalized spacial score (nSPS) is 10.2. The maximum absolute atomic E-state index is 11.6. The van der Waals surface area contributed by atoms with E-state index in [0.717, 1.165) is 18.4 Å². The minimum absolute atomic E-state index is 0.0216. The first-order valence-electron chi connectivity index (χ1n) is 8.35. The van der Waals surface area contributed by atoms with Gasteiger partial charge in [-0.25, -0.2) is 0 Å². The van der Waals surface area contributed by atoms with Gasteiger partial charge >= 0.3 is 5.97 Å². The number of unbranched alkanes of at least 4 members (excludes halogenated alkanes) is 3. The second-order valence-electron chi connectivity index (χ2n) is 5.56. The summed E-state index contributed by atoms with van der Waals surface area (Å²) in [5.41, 5.74) is 0.878. The fraction of sp³-hybridized carbons (Fsp3) is 0.556. The number of carboxylic acids is 1. The van der Waals surface area contributed by atoms with Crippen LogP contribution in [0.15, 0.2) is 18.2 Å². The highest BCUT2D eigenvalue weighted by molar-refractivity contribution is 5.80. The SMILES string of the molecule is CCCCCCOc1cc(CNC(=O)CCC(=O)O)ccc1OC. The molecule has 0 saturated carbocycles. The molecule has 0 spiro atoms. The third-order valence-electron chi connectivity index (χ3n) is 3.54. The monoisotopic (exact) mass is 337 g/mol. The summed E-state index contributed by atoms with van der Waals surface area (Å²) in [4.78, 5) is 22.0. The molecule has 1 rings (SSSR count). The molecular formula is C18H27NO5. The molecule has 6 nitrogen and oxygen atoms in total. The molecule has 0 atom stereocenters. The Morgan fingerprint density at radius 1 is 1.12 bits per heavy atom. The second kappa shape index (κ2) is 11.3. The van der Waals surface area contributed by atoms with E-state index in [-0.39, 0.29) is 18.7 Å². The second-order valence-corrected chi connectivity index (χ2v) is 5.56.